The van der Waals surface area contributed by atoms with E-state index in [0.717, 1.165) is 25.9 Å². The zero-order chi connectivity index (χ0) is 14.6. The van der Waals surface area contributed by atoms with Crippen LogP contribution in [0, 0.1) is 0 Å². The predicted octanol–water partition coefficient (Wildman–Crippen LogP) is 2.52. The fraction of sp³-hybridized carbons (Fsp3) is 0.667. The molecular formula is C12H17F3N4O. The molecule has 1 fully saturated rings. The first-order valence-electron chi connectivity index (χ1n) is 6.48. The van der Waals surface area contributed by atoms with Gasteiger partial charge in [-0.05, 0) is 19.3 Å². The molecule has 0 amide bonds. The van der Waals surface area contributed by atoms with E-state index in [9.17, 15) is 13.2 Å². The number of hydrogen-bond acceptors (Lipinski definition) is 5. The molecular weight excluding hydrogens is 273 g/mol. The maximum absolute atomic E-state index is 12.7. The second-order valence-corrected chi connectivity index (χ2v) is 4.56. The molecule has 0 aromatic carbocycles. The summed E-state index contributed by atoms with van der Waals surface area (Å²) in [4.78, 5) is 6.89. The lowest BCUT2D eigenvalue weighted by Crippen LogP contribution is -2.17. The minimum atomic E-state index is -4.56. The van der Waals surface area contributed by atoms with Gasteiger partial charge in [-0.1, -0.05) is 0 Å². The van der Waals surface area contributed by atoms with Gasteiger partial charge in [0.25, 0.3) is 0 Å². The molecule has 0 radical (unpaired) electrons. The molecule has 1 saturated heterocycles. The van der Waals surface area contributed by atoms with Gasteiger partial charge in [0.1, 0.15) is 11.6 Å². The molecule has 5 nitrogen and oxygen atoms in total. The first-order chi connectivity index (χ1) is 9.49. The van der Waals surface area contributed by atoms with E-state index in [-0.39, 0.29) is 17.7 Å². The van der Waals surface area contributed by atoms with Crippen LogP contribution in [0.5, 0.6) is 0 Å². The van der Waals surface area contributed by atoms with Crippen LogP contribution < -0.4 is 10.6 Å². The Labute approximate surface area is 114 Å². The summed E-state index contributed by atoms with van der Waals surface area (Å²) in [5, 5.41) is 5.48. The average molecular weight is 290 g/mol. The van der Waals surface area contributed by atoms with Gasteiger partial charge in [0.05, 0.1) is 6.10 Å². The molecule has 1 aromatic rings. The number of alkyl halides is 3. The lowest BCUT2D eigenvalue weighted by atomic mass is 10.2. The summed E-state index contributed by atoms with van der Waals surface area (Å²) >= 11 is 0. The molecule has 1 aromatic heterocycles. The number of aromatic nitrogens is 2. The summed E-state index contributed by atoms with van der Waals surface area (Å²) in [7, 11) is 1.51. The third-order valence-corrected chi connectivity index (χ3v) is 3.03. The van der Waals surface area contributed by atoms with E-state index in [0.29, 0.717) is 6.54 Å². The Morgan fingerprint density at radius 2 is 2.10 bits per heavy atom. The first-order valence-corrected chi connectivity index (χ1v) is 6.48. The van der Waals surface area contributed by atoms with Crippen LogP contribution in [0.4, 0.5) is 24.8 Å². The Morgan fingerprint density at radius 3 is 2.70 bits per heavy atom. The van der Waals surface area contributed by atoms with Crippen LogP contribution >= 0.6 is 0 Å². The Morgan fingerprint density at radius 1 is 1.35 bits per heavy atom. The molecule has 20 heavy (non-hydrogen) atoms. The van der Waals surface area contributed by atoms with Gasteiger partial charge >= 0.3 is 6.18 Å². The highest BCUT2D eigenvalue weighted by Crippen LogP contribution is 2.28. The number of nitrogens with one attached hydrogen (secondary N) is 2. The zero-order valence-electron chi connectivity index (χ0n) is 11.1. The normalized spacial score (nSPS) is 19.1. The van der Waals surface area contributed by atoms with Gasteiger partial charge in [0, 0.05) is 26.3 Å². The molecule has 2 rings (SSSR count). The van der Waals surface area contributed by atoms with E-state index < -0.39 is 12.0 Å². The molecule has 0 bridgehead atoms. The Hall–Kier alpha value is -1.57. The fourth-order valence-corrected chi connectivity index (χ4v) is 2.03. The standard InChI is InChI=1S/C12H17F3N4O/c1-16-9-7-10(19-11(18-9)12(13,14)15)17-5-4-8-3-2-6-20-8/h7-8H,2-6H2,1H3,(H2,16,17,18,19). The third kappa shape index (κ3) is 3.96. The second kappa shape index (κ2) is 6.25. The van der Waals surface area contributed by atoms with Crippen molar-refractivity contribution in [3.63, 3.8) is 0 Å². The Bertz CT molecular complexity index is 447. The highest BCUT2D eigenvalue weighted by atomic mass is 19.4. The number of ether oxygens (including phenoxy) is 1. The van der Waals surface area contributed by atoms with Gasteiger partial charge in [-0.2, -0.15) is 13.2 Å². The van der Waals surface area contributed by atoms with Crippen molar-refractivity contribution < 1.29 is 17.9 Å². The molecule has 1 unspecified atom stereocenters. The number of hydrogen-bond donors (Lipinski definition) is 2. The second-order valence-electron chi connectivity index (χ2n) is 4.56. The summed E-state index contributed by atoms with van der Waals surface area (Å²) < 4.78 is 43.4. The van der Waals surface area contributed by atoms with Crippen molar-refractivity contribution in [2.75, 3.05) is 30.8 Å². The highest BCUT2D eigenvalue weighted by molar-refractivity contribution is 5.47. The molecule has 1 atom stereocenters. The van der Waals surface area contributed by atoms with Gasteiger partial charge in [0.15, 0.2) is 0 Å². The van der Waals surface area contributed by atoms with Gasteiger partial charge in [-0.25, -0.2) is 9.97 Å². The van der Waals surface area contributed by atoms with E-state index in [1.165, 1.54) is 13.1 Å². The SMILES string of the molecule is CNc1cc(NCCC2CCCO2)nc(C(F)(F)F)n1. The molecule has 112 valence electrons. The van der Waals surface area contributed by atoms with E-state index in [2.05, 4.69) is 20.6 Å². The minimum Gasteiger partial charge on any atom is -0.378 e. The van der Waals surface area contributed by atoms with Crippen molar-refractivity contribution in [2.24, 2.45) is 0 Å². The number of halogens is 3. The summed E-state index contributed by atoms with van der Waals surface area (Å²) in [6.45, 7) is 1.28. The summed E-state index contributed by atoms with van der Waals surface area (Å²) in [5.41, 5.74) is 0. The molecule has 8 heteroatoms. The quantitative estimate of drug-likeness (QED) is 0.872. The summed E-state index contributed by atoms with van der Waals surface area (Å²) in [5.74, 6) is -0.856. The van der Waals surface area contributed by atoms with E-state index in [4.69, 9.17) is 4.74 Å². The maximum atomic E-state index is 12.7. The molecule has 2 heterocycles. The number of rotatable bonds is 5. The third-order valence-electron chi connectivity index (χ3n) is 3.03. The van der Waals surface area contributed by atoms with Crippen LogP contribution in [-0.2, 0) is 10.9 Å². The van der Waals surface area contributed by atoms with Crippen LogP contribution in [0.1, 0.15) is 25.1 Å². The highest BCUT2D eigenvalue weighted by Gasteiger charge is 2.35. The molecule has 0 saturated carbocycles. The molecule has 0 aliphatic carbocycles. The van der Waals surface area contributed by atoms with Crippen LogP contribution in [0.3, 0.4) is 0 Å². The van der Waals surface area contributed by atoms with Crippen molar-refractivity contribution in [1.29, 1.82) is 0 Å². The topological polar surface area (TPSA) is 59.1 Å². The summed E-state index contributed by atoms with van der Waals surface area (Å²) in [6.07, 6.45) is -1.57. The molecule has 1 aliphatic rings. The fourth-order valence-electron chi connectivity index (χ4n) is 2.03. The van der Waals surface area contributed by atoms with Gasteiger partial charge in [-0.15, -0.1) is 0 Å². The van der Waals surface area contributed by atoms with Crippen LogP contribution in [0.15, 0.2) is 6.07 Å². The first kappa shape index (κ1) is 14.8. The van der Waals surface area contributed by atoms with Gasteiger partial charge < -0.3 is 15.4 Å². The number of nitrogens with zero attached hydrogens (tertiary/aromatic N) is 2. The lowest BCUT2D eigenvalue weighted by molar-refractivity contribution is -0.144. The predicted molar refractivity (Wildman–Crippen MR) is 68.7 cm³/mol. The van der Waals surface area contributed by atoms with Gasteiger partial charge in [-0.3, -0.25) is 0 Å². The maximum Gasteiger partial charge on any atom is 0.451 e. The smallest absolute Gasteiger partial charge is 0.378 e. The minimum absolute atomic E-state index is 0.131. The molecule has 0 spiro atoms. The van der Waals surface area contributed by atoms with Crippen molar-refractivity contribution >= 4 is 11.6 Å². The van der Waals surface area contributed by atoms with Crippen molar-refractivity contribution in [2.45, 2.75) is 31.5 Å². The van der Waals surface area contributed by atoms with Crippen molar-refractivity contribution in [1.82, 2.24) is 9.97 Å². The largest absolute Gasteiger partial charge is 0.451 e. The molecule has 2 N–H and O–H groups in total. The monoisotopic (exact) mass is 290 g/mol. The molecule has 1 aliphatic heterocycles. The van der Waals surface area contributed by atoms with E-state index in [1.807, 2.05) is 0 Å². The van der Waals surface area contributed by atoms with E-state index in [1.54, 1.807) is 0 Å². The Balaban J connectivity index is 1.98. The lowest BCUT2D eigenvalue weighted by Gasteiger charge is -2.13. The Kier molecular flexibility index (Phi) is 4.64. The van der Waals surface area contributed by atoms with Crippen molar-refractivity contribution in [3.8, 4) is 0 Å². The van der Waals surface area contributed by atoms with Crippen LogP contribution in [0.2, 0.25) is 0 Å². The van der Waals surface area contributed by atoms with Gasteiger partial charge in [0.2, 0.25) is 5.82 Å². The van der Waals surface area contributed by atoms with E-state index >= 15 is 0 Å². The number of anilines is 2. The summed E-state index contributed by atoms with van der Waals surface area (Å²) in [6, 6.07) is 1.45. The zero-order valence-corrected chi connectivity index (χ0v) is 11.1. The van der Waals surface area contributed by atoms with Crippen LogP contribution in [-0.4, -0.2) is 36.3 Å². The van der Waals surface area contributed by atoms with Crippen molar-refractivity contribution in [3.05, 3.63) is 11.9 Å². The van der Waals surface area contributed by atoms with Crippen LogP contribution in [0.25, 0.3) is 0 Å². The average Bonchev–Trinajstić information content (AvgIpc) is 2.90.